The Labute approximate surface area is 116 Å². The maximum Gasteiger partial charge on any atom is 0.321 e. The summed E-state index contributed by atoms with van der Waals surface area (Å²) in [5.41, 5.74) is 0.807. The van der Waals surface area contributed by atoms with Crippen molar-refractivity contribution in [1.82, 2.24) is 4.90 Å². The van der Waals surface area contributed by atoms with E-state index in [9.17, 15) is 9.90 Å². The predicted octanol–water partition coefficient (Wildman–Crippen LogP) is 3.29. The molecule has 2 atom stereocenters. The van der Waals surface area contributed by atoms with E-state index in [1.807, 2.05) is 11.8 Å². The lowest BCUT2D eigenvalue weighted by molar-refractivity contribution is -0.143. The minimum atomic E-state index is -0.775. The first-order chi connectivity index (χ1) is 8.50. The Morgan fingerprint density at radius 1 is 1.44 bits per heavy atom. The van der Waals surface area contributed by atoms with Crippen LogP contribution >= 0.6 is 23.2 Å². The molecule has 1 fully saturated rings. The lowest BCUT2D eigenvalue weighted by atomic mass is 10.0. The second-order valence-electron chi connectivity index (χ2n) is 4.72. The molecule has 0 amide bonds. The van der Waals surface area contributed by atoms with Crippen LogP contribution in [0.2, 0.25) is 10.0 Å². The van der Waals surface area contributed by atoms with Crippen molar-refractivity contribution in [2.45, 2.75) is 25.9 Å². The van der Waals surface area contributed by atoms with Gasteiger partial charge in [-0.1, -0.05) is 36.2 Å². The molecule has 3 nitrogen and oxygen atoms in total. The van der Waals surface area contributed by atoms with Gasteiger partial charge in [0.05, 0.1) is 0 Å². The van der Waals surface area contributed by atoms with Crippen molar-refractivity contribution in [3.8, 4) is 0 Å². The van der Waals surface area contributed by atoms with E-state index in [2.05, 4.69) is 0 Å². The fourth-order valence-corrected chi connectivity index (χ4v) is 3.01. The van der Waals surface area contributed by atoms with E-state index in [0.29, 0.717) is 16.6 Å². The number of carboxylic acids is 1. The fourth-order valence-electron chi connectivity index (χ4n) is 2.49. The maximum absolute atomic E-state index is 11.3. The van der Waals surface area contributed by atoms with E-state index in [-0.39, 0.29) is 5.92 Å². The van der Waals surface area contributed by atoms with E-state index in [4.69, 9.17) is 23.2 Å². The topological polar surface area (TPSA) is 40.5 Å². The Morgan fingerprint density at radius 3 is 2.61 bits per heavy atom. The van der Waals surface area contributed by atoms with Crippen molar-refractivity contribution >= 4 is 29.2 Å². The lowest BCUT2D eigenvalue weighted by Crippen LogP contribution is -2.38. The molecule has 0 saturated carbocycles. The van der Waals surface area contributed by atoms with Crippen molar-refractivity contribution in [3.63, 3.8) is 0 Å². The molecule has 5 heteroatoms. The normalized spacial score (nSPS) is 24.4. The van der Waals surface area contributed by atoms with Crippen LogP contribution in [0, 0.1) is 5.92 Å². The zero-order valence-electron chi connectivity index (χ0n) is 10.1. The van der Waals surface area contributed by atoms with Gasteiger partial charge in [-0.05, 0) is 31.0 Å². The summed E-state index contributed by atoms with van der Waals surface area (Å²) >= 11 is 12.2. The summed E-state index contributed by atoms with van der Waals surface area (Å²) in [4.78, 5) is 13.2. The van der Waals surface area contributed by atoms with Crippen molar-refractivity contribution in [2.75, 3.05) is 6.54 Å². The molecule has 0 aliphatic carbocycles. The average molecular weight is 288 g/mol. The highest BCUT2D eigenvalue weighted by atomic mass is 35.5. The molecule has 0 radical (unpaired) electrons. The fraction of sp³-hybridized carbons (Fsp3) is 0.462. The molecule has 98 valence electrons. The van der Waals surface area contributed by atoms with E-state index in [1.54, 1.807) is 18.2 Å². The highest BCUT2D eigenvalue weighted by Gasteiger charge is 2.36. The highest BCUT2D eigenvalue weighted by Crippen LogP contribution is 2.31. The Hall–Kier alpha value is -0.770. The first kappa shape index (κ1) is 13.7. The Kier molecular flexibility index (Phi) is 4.15. The van der Waals surface area contributed by atoms with E-state index in [0.717, 1.165) is 18.5 Å². The Morgan fingerprint density at radius 2 is 2.06 bits per heavy atom. The van der Waals surface area contributed by atoms with Gasteiger partial charge >= 0.3 is 5.97 Å². The van der Waals surface area contributed by atoms with Gasteiger partial charge in [-0.2, -0.15) is 0 Å². The molecule has 1 aromatic rings. The van der Waals surface area contributed by atoms with E-state index < -0.39 is 12.0 Å². The smallest absolute Gasteiger partial charge is 0.321 e. The summed E-state index contributed by atoms with van der Waals surface area (Å²) in [6.45, 7) is 3.21. The zero-order valence-corrected chi connectivity index (χ0v) is 11.6. The van der Waals surface area contributed by atoms with Crippen molar-refractivity contribution < 1.29 is 9.90 Å². The van der Waals surface area contributed by atoms with Gasteiger partial charge in [-0.15, -0.1) is 0 Å². The minimum absolute atomic E-state index is 0.156. The summed E-state index contributed by atoms with van der Waals surface area (Å²) in [5.74, 6) is -0.619. The number of likely N-dealkylation sites (tertiary alicyclic amines) is 1. The molecule has 18 heavy (non-hydrogen) atoms. The molecule has 1 aliphatic rings. The van der Waals surface area contributed by atoms with Crippen LogP contribution < -0.4 is 0 Å². The van der Waals surface area contributed by atoms with Gasteiger partial charge in [-0.25, -0.2) is 0 Å². The molecule has 1 saturated heterocycles. The third-order valence-corrected chi connectivity index (χ3v) is 4.19. The average Bonchev–Trinajstić information content (AvgIpc) is 2.65. The standard InChI is InChI=1S/C13H15Cl2NO2/c1-8-5-6-16(12(8)13(17)18)7-9-10(14)3-2-4-11(9)15/h2-4,8,12H,5-7H2,1H3,(H,17,18). The second-order valence-corrected chi connectivity index (χ2v) is 5.53. The van der Waals surface area contributed by atoms with E-state index in [1.165, 1.54) is 0 Å². The largest absolute Gasteiger partial charge is 0.480 e. The summed E-state index contributed by atoms with van der Waals surface area (Å²) < 4.78 is 0. The van der Waals surface area contributed by atoms with Crippen LogP contribution in [0.1, 0.15) is 18.9 Å². The van der Waals surface area contributed by atoms with Crippen LogP contribution in [-0.4, -0.2) is 28.6 Å². The van der Waals surface area contributed by atoms with Crippen LogP contribution in [0.5, 0.6) is 0 Å². The third kappa shape index (κ3) is 2.63. The zero-order chi connectivity index (χ0) is 13.3. The van der Waals surface area contributed by atoms with Gasteiger partial charge in [0, 0.05) is 22.2 Å². The van der Waals surface area contributed by atoms with Gasteiger partial charge in [0.15, 0.2) is 0 Å². The lowest BCUT2D eigenvalue weighted by Gasteiger charge is -2.24. The molecule has 1 aromatic carbocycles. The van der Waals surface area contributed by atoms with Crippen LogP contribution in [0.15, 0.2) is 18.2 Å². The molecule has 1 N–H and O–H groups in total. The SMILES string of the molecule is CC1CCN(Cc2c(Cl)cccc2Cl)C1C(=O)O. The van der Waals surface area contributed by atoms with Gasteiger partial charge in [0.1, 0.15) is 6.04 Å². The first-order valence-corrected chi connectivity index (χ1v) is 6.66. The van der Waals surface area contributed by atoms with Crippen LogP contribution in [0.25, 0.3) is 0 Å². The van der Waals surface area contributed by atoms with Crippen molar-refractivity contribution in [3.05, 3.63) is 33.8 Å². The maximum atomic E-state index is 11.3. The summed E-state index contributed by atoms with van der Waals surface area (Å²) in [7, 11) is 0. The highest BCUT2D eigenvalue weighted by molar-refractivity contribution is 6.35. The third-order valence-electron chi connectivity index (χ3n) is 3.48. The summed E-state index contributed by atoms with van der Waals surface area (Å²) in [6.07, 6.45) is 0.888. The molecule has 1 aliphatic heterocycles. The molecule has 0 bridgehead atoms. The number of nitrogens with zero attached hydrogens (tertiary/aromatic N) is 1. The Bertz CT molecular complexity index is 444. The first-order valence-electron chi connectivity index (χ1n) is 5.90. The predicted molar refractivity (Wildman–Crippen MR) is 72.1 cm³/mol. The van der Waals surface area contributed by atoms with Crippen LogP contribution in [-0.2, 0) is 11.3 Å². The van der Waals surface area contributed by atoms with Crippen LogP contribution in [0.4, 0.5) is 0 Å². The number of aliphatic carboxylic acids is 1. The van der Waals surface area contributed by atoms with Crippen LogP contribution in [0.3, 0.4) is 0 Å². The molecular weight excluding hydrogens is 273 g/mol. The molecule has 2 unspecified atom stereocenters. The van der Waals surface area contributed by atoms with Gasteiger partial charge < -0.3 is 5.11 Å². The number of hydrogen-bond acceptors (Lipinski definition) is 2. The van der Waals surface area contributed by atoms with Gasteiger partial charge in [0.25, 0.3) is 0 Å². The molecule has 0 aromatic heterocycles. The van der Waals surface area contributed by atoms with Crippen molar-refractivity contribution in [1.29, 1.82) is 0 Å². The molecular formula is C13H15Cl2NO2. The Balaban J connectivity index is 2.21. The molecule has 0 spiro atoms. The number of carbonyl (C=O) groups is 1. The molecule has 2 rings (SSSR count). The minimum Gasteiger partial charge on any atom is -0.480 e. The van der Waals surface area contributed by atoms with E-state index >= 15 is 0 Å². The molecule has 1 heterocycles. The van der Waals surface area contributed by atoms with Gasteiger partial charge in [-0.3, -0.25) is 9.69 Å². The number of benzene rings is 1. The monoisotopic (exact) mass is 287 g/mol. The van der Waals surface area contributed by atoms with Crippen molar-refractivity contribution in [2.24, 2.45) is 5.92 Å². The number of halogens is 2. The summed E-state index contributed by atoms with van der Waals surface area (Å²) in [6, 6.07) is 4.89. The number of hydrogen-bond donors (Lipinski definition) is 1. The quantitative estimate of drug-likeness (QED) is 0.927. The van der Waals surface area contributed by atoms with Gasteiger partial charge in [0.2, 0.25) is 0 Å². The summed E-state index contributed by atoms with van der Waals surface area (Å²) in [5, 5.41) is 10.4. The second kappa shape index (κ2) is 5.47. The number of rotatable bonds is 3. The number of carboxylic acid groups (broad SMARTS) is 1.